The molecule has 37 heavy (non-hydrogen) atoms. The van der Waals surface area contributed by atoms with E-state index in [1.165, 1.54) is 0 Å². The first-order chi connectivity index (χ1) is 17.7. The van der Waals surface area contributed by atoms with Crippen LogP contribution >= 0.6 is 0 Å². The lowest BCUT2D eigenvalue weighted by atomic mass is 9.71. The molecule has 1 heterocycles. The molecule has 1 saturated carbocycles. The number of aliphatic hydroxyl groups is 7. The van der Waals surface area contributed by atoms with Crippen molar-refractivity contribution in [2.75, 3.05) is 13.2 Å². The van der Waals surface area contributed by atoms with Crippen molar-refractivity contribution < 1.29 is 45.2 Å². The molecule has 7 atom stereocenters. The van der Waals surface area contributed by atoms with Crippen LogP contribution in [0.3, 0.4) is 0 Å². The Morgan fingerprint density at radius 2 is 1.65 bits per heavy atom. The summed E-state index contributed by atoms with van der Waals surface area (Å²) in [6.45, 7) is 3.49. The molecule has 2 fully saturated rings. The molecule has 0 bridgehead atoms. The van der Waals surface area contributed by atoms with Gasteiger partial charge in [0, 0.05) is 13.2 Å². The zero-order valence-electron chi connectivity index (χ0n) is 21.5. The zero-order valence-corrected chi connectivity index (χ0v) is 21.5. The number of ether oxygens (including phenoxy) is 2. The third kappa shape index (κ3) is 7.10. The molecule has 0 unspecified atom stereocenters. The van der Waals surface area contributed by atoms with Gasteiger partial charge in [0.2, 0.25) is 6.29 Å². The van der Waals surface area contributed by atoms with E-state index in [2.05, 4.69) is 6.58 Å². The van der Waals surface area contributed by atoms with E-state index < -0.39 is 47.8 Å². The first-order valence-corrected chi connectivity index (χ1v) is 13.4. The van der Waals surface area contributed by atoms with E-state index in [9.17, 15) is 30.6 Å². The summed E-state index contributed by atoms with van der Waals surface area (Å²) in [5, 5.41) is 74.7. The van der Waals surface area contributed by atoms with Gasteiger partial charge in [0.15, 0.2) is 5.60 Å². The maximum atomic E-state index is 11.9. The van der Waals surface area contributed by atoms with Crippen LogP contribution in [0, 0.1) is 5.92 Å². The van der Waals surface area contributed by atoms with Gasteiger partial charge in [-0.1, -0.05) is 31.1 Å². The van der Waals surface area contributed by atoms with Crippen molar-refractivity contribution in [3.8, 4) is 5.75 Å². The standard InChI is InChI=1S/C28H44O9/c1-2-7-19-10-12-21(13-11-19)36-26-28(35,18-20(8-5-16-29)27(34)14-3-4-15-27)25(33)23(32)24(37-26)22(31)9-6-17-30/h2,10-13,20,22-26,29-35H,1,3-9,14-18H2/t20-,22+,23-,24-,25+,26-,28-/m1/s1. The van der Waals surface area contributed by atoms with Crippen LogP contribution in [0.4, 0.5) is 0 Å². The van der Waals surface area contributed by atoms with Crippen molar-refractivity contribution in [2.45, 2.75) is 106 Å². The first kappa shape index (κ1) is 30.0. The average Bonchev–Trinajstić information content (AvgIpc) is 3.34. The molecule has 0 radical (unpaired) electrons. The summed E-state index contributed by atoms with van der Waals surface area (Å²) in [5.74, 6) is -0.135. The minimum Gasteiger partial charge on any atom is -0.462 e. The number of aliphatic hydroxyl groups excluding tert-OH is 5. The highest BCUT2D eigenvalue weighted by Crippen LogP contribution is 2.45. The molecular formula is C28H44O9. The predicted molar refractivity (Wildman–Crippen MR) is 137 cm³/mol. The second kappa shape index (κ2) is 13.5. The molecule has 0 spiro atoms. The Hall–Kier alpha value is -1.56. The van der Waals surface area contributed by atoms with Crippen molar-refractivity contribution in [3.63, 3.8) is 0 Å². The lowest BCUT2D eigenvalue weighted by Gasteiger charge is -2.51. The molecule has 0 aromatic heterocycles. The lowest BCUT2D eigenvalue weighted by Crippen LogP contribution is -2.70. The third-order valence-electron chi connectivity index (χ3n) is 7.96. The van der Waals surface area contributed by atoms with E-state index in [1.54, 1.807) is 18.2 Å². The van der Waals surface area contributed by atoms with E-state index in [0.29, 0.717) is 37.9 Å². The summed E-state index contributed by atoms with van der Waals surface area (Å²) >= 11 is 0. The molecule has 1 aliphatic carbocycles. The summed E-state index contributed by atoms with van der Waals surface area (Å²) in [7, 11) is 0. The second-order valence-corrected chi connectivity index (χ2v) is 10.6. The van der Waals surface area contributed by atoms with Gasteiger partial charge in [-0.3, -0.25) is 0 Å². The van der Waals surface area contributed by atoms with Crippen LogP contribution in [0.2, 0.25) is 0 Å². The van der Waals surface area contributed by atoms with Crippen LogP contribution in [0.25, 0.3) is 0 Å². The van der Waals surface area contributed by atoms with Crippen LogP contribution < -0.4 is 4.74 Å². The Morgan fingerprint density at radius 3 is 2.24 bits per heavy atom. The normalized spacial score (nSPS) is 31.1. The van der Waals surface area contributed by atoms with Gasteiger partial charge in [-0.05, 0) is 75.0 Å². The summed E-state index contributed by atoms with van der Waals surface area (Å²) in [6.07, 6.45) is -1.09. The van der Waals surface area contributed by atoms with Gasteiger partial charge in [0.25, 0.3) is 0 Å². The topological polar surface area (TPSA) is 160 Å². The number of allylic oxidation sites excluding steroid dienone is 1. The molecule has 9 heteroatoms. The lowest BCUT2D eigenvalue weighted by molar-refractivity contribution is -0.335. The summed E-state index contributed by atoms with van der Waals surface area (Å²) in [6, 6.07) is 7.07. The number of hydrogen-bond donors (Lipinski definition) is 7. The number of hydrogen-bond acceptors (Lipinski definition) is 9. The fraction of sp³-hybridized carbons (Fsp3) is 0.714. The van der Waals surface area contributed by atoms with Crippen molar-refractivity contribution in [1.82, 2.24) is 0 Å². The summed E-state index contributed by atoms with van der Waals surface area (Å²) in [5.41, 5.74) is -2.20. The largest absolute Gasteiger partial charge is 0.462 e. The van der Waals surface area contributed by atoms with Crippen LogP contribution in [0.5, 0.6) is 5.75 Å². The van der Waals surface area contributed by atoms with Gasteiger partial charge < -0.3 is 45.2 Å². The van der Waals surface area contributed by atoms with Gasteiger partial charge in [0.1, 0.15) is 24.1 Å². The Bertz CT molecular complexity index is 825. The molecule has 3 rings (SSSR count). The second-order valence-electron chi connectivity index (χ2n) is 10.6. The maximum Gasteiger partial charge on any atom is 0.232 e. The number of rotatable bonds is 14. The fourth-order valence-corrected chi connectivity index (χ4v) is 5.77. The van der Waals surface area contributed by atoms with E-state index in [1.807, 2.05) is 12.1 Å². The van der Waals surface area contributed by atoms with Gasteiger partial charge in [-0.25, -0.2) is 0 Å². The Balaban J connectivity index is 1.92. The molecular weight excluding hydrogens is 480 g/mol. The first-order valence-electron chi connectivity index (χ1n) is 13.4. The molecule has 1 aliphatic heterocycles. The summed E-state index contributed by atoms with van der Waals surface area (Å²) < 4.78 is 12.0. The number of benzene rings is 1. The zero-order chi connectivity index (χ0) is 27.1. The Morgan fingerprint density at radius 1 is 1.03 bits per heavy atom. The van der Waals surface area contributed by atoms with E-state index in [0.717, 1.165) is 18.4 Å². The third-order valence-corrected chi connectivity index (χ3v) is 7.96. The van der Waals surface area contributed by atoms with Crippen LogP contribution in [-0.2, 0) is 11.2 Å². The molecule has 2 aliphatic rings. The minimum atomic E-state index is -2.12. The highest BCUT2D eigenvalue weighted by Gasteiger charge is 2.59. The Kier molecular flexibility index (Phi) is 10.9. The predicted octanol–water partition coefficient (Wildman–Crippen LogP) is 1.19. The molecule has 210 valence electrons. The SMILES string of the molecule is C=CCc1ccc(O[C@@H]2O[C@H]([C@@H](O)CCCO)[C@@H](O)[C@H](O)[C@]2(O)C[C@@H](CCCO)C2(O)CCCC2)cc1. The Labute approximate surface area is 219 Å². The molecule has 1 aromatic rings. The minimum absolute atomic E-state index is 0.0806. The highest BCUT2D eigenvalue weighted by atomic mass is 16.7. The molecule has 0 amide bonds. The van der Waals surface area contributed by atoms with Crippen molar-refractivity contribution in [3.05, 3.63) is 42.5 Å². The van der Waals surface area contributed by atoms with Crippen LogP contribution in [0.15, 0.2) is 36.9 Å². The molecule has 7 N–H and O–H groups in total. The smallest absolute Gasteiger partial charge is 0.232 e. The van der Waals surface area contributed by atoms with Gasteiger partial charge >= 0.3 is 0 Å². The van der Waals surface area contributed by atoms with Crippen molar-refractivity contribution in [2.24, 2.45) is 5.92 Å². The van der Waals surface area contributed by atoms with Gasteiger partial charge in [-0.2, -0.15) is 0 Å². The quantitative estimate of drug-likeness (QED) is 0.177. The highest BCUT2D eigenvalue weighted by molar-refractivity contribution is 5.29. The van der Waals surface area contributed by atoms with Gasteiger partial charge in [0.05, 0.1) is 11.7 Å². The van der Waals surface area contributed by atoms with Crippen molar-refractivity contribution >= 4 is 0 Å². The monoisotopic (exact) mass is 524 g/mol. The maximum absolute atomic E-state index is 11.9. The van der Waals surface area contributed by atoms with E-state index in [4.69, 9.17) is 14.6 Å². The fourth-order valence-electron chi connectivity index (χ4n) is 5.77. The molecule has 9 nitrogen and oxygen atoms in total. The van der Waals surface area contributed by atoms with Crippen LogP contribution in [-0.4, -0.2) is 90.9 Å². The summed E-state index contributed by atoms with van der Waals surface area (Å²) in [4.78, 5) is 0. The van der Waals surface area contributed by atoms with E-state index >= 15 is 0 Å². The van der Waals surface area contributed by atoms with E-state index in [-0.39, 0.29) is 32.5 Å². The van der Waals surface area contributed by atoms with Crippen molar-refractivity contribution in [1.29, 1.82) is 0 Å². The van der Waals surface area contributed by atoms with Crippen LogP contribution in [0.1, 0.15) is 63.4 Å². The van der Waals surface area contributed by atoms with Gasteiger partial charge in [-0.15, -0.1) is 6.58 Å². The average molecular weight is 525 g/mol. The molecule has 1 saturated heterocycles. The molecule has 1 aromatic carbocycles.